The maximum atomic E-state index is 5.97. The summed E-state index contributed by atoms with van der Waals surface area (Å²) in [7, 11) is 0. The van der Waals surface area contributed by atoms with Crippen LogP contribution in [0.15, 0.2) is 60.7 Å². The van der Waals surface area contributed by atoms with Gasteiger partial charge in [0.1, 0.15) is 6.04 Å². The summed E-state index contributed by atoms with van der Waals surface area (Å²) in [5.41, 5.74) is 2.92. The molecule has 0 aliphatic carbocycles. The Hall–Kier alpha value is -1.64. The molecule has 0 spiro atoms. The number of ether oxygens (including phenoxy) is 1. The predicted octanol–water partition coefficient (Wildman–Crippen LogP) is 4.69. The lowest BCUT2D eigenvalue weighted by Gasteiger charge is -2.39. The smallest absolute Gasteiger partial charge is 0.109 e. The Morgan fingerprint density at radius 2 is 1.62 bits per heavy atom. The molecule has 3 rings (SSSR count). The number of benzene rings is 2. The van der Waals surface area contributed by atoms with Gasteiger partial charge in [-0.2, -0.15) is 0 Å². The second kappa shape index (κ2) is 8.83. The van der Waals surface area contributed by atoms with E-state index in [0.29, 0.717) is 17.9 Å². The van der Waals surface area contributed by atoms with Gasteiger partial charge in [0.15, 0.2) is 0 Å². The maximum Gasteiger partial charge on any atom is 0.109 e. The summed E-state index contributed by atoms with van der Waals surface area (Å²) in [6.45, 7) is 8.85. The predicted molar refractivity (Wildman–Crippen MR) is 108 cm³/mol. The Morgan fingerprint density at radius 3 is 2.23 bits per heavy atom. The third-order valence-corrected chi connectivity index (χ3v) is 5.86. The van der Waals surface area contributed by atoms with Crippen LogP contribution in [-0.4, -0.2) is 18.8 Å². The van der Waals surface area contributed by atoms with Crippen LogP contribution in [0, 0.1) is 5.92 Å². The van der Waals surface area contributed by atoms with E-state index >= 15 is 0 Å². The normalized spacial score (nSPS) is 21.9. The lowest BCUT2D eigenvalue weighted by molar-refractivity contribution is -0.693. The van der Waals surface area contributed by atoms with Gasteiger partial charge in [-0.15, -0.1) is 0 Å². The van der Waals surface area contributed by atoms with Gasteiger partial charge in [-0.1, -0.05) is 60.7 Å². The summed E-state index contributed by atoms with van der Waals surface area (Å²) in [5.74, 6) is 1.33. The molecule has 0 bridgehead atoms. The van der Waals surface area contributed by atoms with Crippen LogP contribution in [-0.2, 0) is 4.74 Å². The number of hydrogen-bond donors (Lipinski definition) is 1. The molecule has 2 nitrogen and oxygen atoms in total. The van der Waals surface area contributed by atoms with Crippen molar-refractivity contribution in [2.45, 2.75) is 57.6 Å². The van der Waals surface area contributed by atoms with Gasteiger partial charge >= 0.3 is 0 Å². The molecule has 0 unspecified atom stereocenters. The highest BCUT2D eigenvalue weighted by Crippen LogP contribution is 2.39. The minimum Gasteiger partial charge on any atom is -0.376 e. The van der Waals surface area contributed by atoms with E-state index in [-0.39, 0.29) is 5.60 Å². The van der Waals surface area contributed by atoms with Crippen LogP contribution >= 0.6 is 0 Å². The van der Waals surface area contributed by atoms with Crippen LogP contribution < -0.4 is 5.32 Å². The summed E-state index contributed by atoms with van der Waals surface area (Å²) >= 11 is 0. The zero-order valence-corrected chi connectivity index (χ0v) is 16.5. The van der Waals surface area contributed by atoms with Crippen molar-refractivity contribution in [3.8, 4) is 0 Å². The number of rotatable bonds is 7. The van der Waals surface area contributed by atoms with Crippen molar-refractivity contribution in [2.24, 2.45) is 5.92 Å². The van der Waals surface area contributed by atoms with Gasteiger partial charge in [-0.25, -0.2) is 0 Å². The van der Waals surface area contributed by atoms with Gasteiger partial charge < -0.3 is 10.1 Å². The van der Waals surface area contributed by atoms with Gasteiger partial charge in [0.25, 0.3) is 0 Å². The lowest BCUT2D eigenvalue weighted by Crippen LogP contribution is -2.84. The Morgan fingerprint density at radius 1 is 1.00 bits per heavy atom. The van der Waals surface area contributed by atoms with Gasteiger partial charge in [0.2, 0.25) is 0 Å². The van der Waals surface area contributed by atoms with E-state index in [1.807, 2.05) is 0 Å². The molecule has 2 N–H and O–H groups in total. The fraction of sp³-hybridized carbons (Fsp3) is 0.500. The molecule has 0 aromatic heterocycles. The lowest BCUT2D eigenvalue weighted by atomic mass is 9.75. The number of quaternary nitrogens is 1. The zero-order chi connectivity index (χ0) is 18.4. The van der Waals surface area contributed by atoms with Crippen molar-refractivity contribution in [2.75, 3.05) is 13.2 Å². The van der Waals surface area contributed by atoms with E-state index in [1.165, 1.54) is 24.0 Å². The van der Waals surface area contributed by atoms with Crippen LogP contribution in [0.5, 0.6) is 0 Å². The third kappa shape index (κ3) is 5.18. The summed E-state index contributed by atoms with van der Waals surface area (Å²) in [6, 6.07) is 22.5. The van der Waals surface area contributed by atoms with Crippen LogP contribution in [0.1, 0.15) is 63.1 Å². The highest BCUT2D eigenvalue weighted by Gasteiger charge is 2.34. The summed E-state index contributed by atoms with van der Waals surface area (Å²) in [5, 5.41) is 2.50. The number of nitrogens with two attached hydrogens (primary N) is 1. The quantitative estimate of drug-likeness (QED) is 0.768. The third-order valence-electron chi connectivity index (χ3n) is 5.86. The van der Waals surface area contributed by atoms with Gasteiger partial charge in [0, 0.05) is 18.6 Å². The molecule has 140 valence electrons. The monoisotopic (exact) mass is 352 g/mol. The van der Waals surface area contributed by atoms with Crippen molar-refractivity contribution in [3.05, 3.63) is 71.8 Å². The molecule has 1 heterocycles. The first-order valence-electron chi connectivity index (χ1n) is 10.1. The molecule has 2 aromatic carbocycles. The molecule has 2 heteroatoms. The summed E-state index contributed by atoms with van der Waals surface area (Å²) in [4.78, 5) is 0. The summed E-state index contributed by atoms with van der Waals surface area (Å²) in [6.07, 6.45) is 3.56. The van der Waals surface area contributed by atoms with E-state index in [1.54, 1.807) is 0 Å². The van der Waals surface area contributed by atoms with E-state index in [9.17, 15) is 0 Å². The van der Waals surface area contributed by atoms with Crippen LogP contribution in [0.4, 0.5) is 0 Å². The maximum absolute atomic E-state index is 5.97. The zero-order valence-electron chi connectivity index (χ0n) is 16.5. The molecule has 2 aromatic rings. The average molecular weight is 353 g/mol. The fourth-order valence-electron chi connectivity index (χ4n) is 4.42. The van der Waals surface area contributed by atoms with Crippen LogP contribution in [0.25, 0.3) is 0 Å². The van der Waals surface area contributed by atoms with Crippen molar-refractivity contribution in [1.29, 1.82) is 0 Å². The second-order valence-corrected chi connectivity index (χ2v) is 8.39. The van der Waals surface area contributed by atoms with Crippen molar-refractivity contribution in [3.63, 3.8) is 0 Å². The molecular weight excluding hydrogens is 318 g/mol. The van der Waals surface area contributed by atoms with E-state index in [0.717, 1.165) is 19.6 Å². The van der Waals surface area contributed by atoms with E-state index in [4.69, 9.17) is 4.74 Å². The van der Waals surface area contributed by atoms with Gasteiger partial charge in [0.05, 0.1) is 12.1 Å². The molecule has 1 saturated heterocycles. The van der Waals surface area contributed by atoms with Crippen molar-refractivity contribution in [1.82, 2.24) is 0 Å². The average Bonchev–Trinajstić information content (AvgIpc) is 2.65. The molecule has 3 atom stereocenters. The minimum absolute atomic E-state index is 0.0109. The first kappa shape index (κ1) is 19.1. The SMILES string of the molecule is C[C@@H]([NH2+]CC[C@@H](c1ccccc1)[C@@H]1CCOC(C)(C)C1)c1ccccc1. The molecule has 1 aliphatic heterocycles. The standard InChI is InChI=1S/C24H33NO/c1-19(20-10-6-4-7-11-20)25-16-14-23(21-12-8-5-9-13-21)22-15-17-26-24(2,3)18-22/h4-13,19,22-23,25H,14-18H2,1-3H3/p+1/t19-,22-,23+/m1/s1. The van der Waals surface area contributed by atoms with Gasteiger partial charge in [-0.05, 0) is 51.0 Å². The molecule has 1 aliphatic rings. The van der Waals surface area contributed by atoms with Crippen molar-refractivity contribution < 1.29 is 10.1 Å². The molecule has 26 heavy (non-hydrogen) atoms. The molecule has 0 radical (unpaired) electrons. The molecule has 0 saturated carbocycles. The fourth-order valence-corrected chi connectivity index (χ4v) is 4.42. The Kier molecular flexibility index (Phi) is 6.50. The largest absolute Gasteiger partial charge is 0.376 e. The molecule has 1 fully saturated rings. The highest BCUT2D eigenvalue weighted by molar-refractivity contribution is 5.21. The Balaban J connectivity index is 1.64. The Labute approximate surface area is 159 Å². The van der Waals surface area contributed by atoms with E-state index < -0.39 is 0 Å². The van der Waals surface area contributed by atoms with Crippen molar-refractivity contribution >= 4 is 0 Å². The van der Waals surface area contributed by atoms with Crippen LogP contribution in [0.3, 0.4) is 0 Å². The van der Waals surface area contributed by atoms with Gasteiger partial charge in [-0.3, -0.25) is 0 Å². The second-order valence-electron chi connectivity index (χ2n) is 8.39. The molecule has 0 amide bonds. The molecular formula is C24H34NO+. The highest BCUT2D eigenvalue weighted by atomic mass is 16.5. The first-order valence-corrected chi connectivity index (χ1v) is 10.1. The Bertz CT molecular complexity index is 652. The topological polar surface area (TPSA) is 25.8 Å². The summed E-state index contributed by atoms with van der Waals surface area (Å²) < 4.78 is 5.97. The minimum atomic E-state index is 0.0109. The van der Waals surface area contributed by atoms with Crippen LogP contribution in [0.2, 0.25) is 0 Å². The van der Waals surface area contributed by atoms with E-state index in [2.05, 4.69) is 86.8 Å². The number of hydrogen-bond acceptors (Lipinski definition) is 1. The first-order chi connectivity index (χ1) is 12.6.